The topological polar surface area (TPSA) is 58.4 Å². The first-order valence-corrected chi connectivity index (χ1v) is 5.13. The highest BCUT2D eigenvalue weighted by molar-refractivity contribution is 5.78. The van der Waals surface area contributed by atoms with Crippen molar-refractivity contribution >= 4 is 5.91 Å². The summed E-state index contributed by atoms with van der Waals surface area (Å²) in [7, 11) is 1.86. The molecule has 1 fully saturated rings. The Balaban J connectivity index is 1.67. The van der Waals surface area contributed by atoms with Crippen LogP contribution in [0.5, 0.6) is 0 Å². The van der Waals surface area contributed by atoms with E-state index in [1.807, 2.05) is 11.9 Å². The van der Waals surface area contributed by atoms with Crippen molar-refractivity contribution in [2.75, 3.05) is 13.6 Å². The molecular formula is C10H15N3O2. The Morgan fingerprint density at radius 2 is 2.53 bits per heavy atom. The average molecular weight is 209 g/mol. The number of nitrogens with one attached hydrogen (secondary N) is 1. The molecule has 1 aliphatic carbocycles. The Morgan fingerprint density at radius 1 is 1.73 bits per heavy atom. The number of nitrogens with zero attached hydrogens (tertiary/aromatic N) is 2. The highest BCUT2D eigenvalue weighted by Crippen LogP contribution is 2.24. The summed E-state index contributed by atoms with van der Waals surface area (Å²) in [6, 6.07) is 2.26. The molecule has 5 nitrogen and oxygen atoms in total. The maximum Gasteiger partial charge on any atom is 0.236 e. The van der Waals surface area contributed by atoms with Crippen molar-refractivity contribution in [2.45, 2.75) is 25.4 Å². The molecule has 1 aromatic heterocycles. The third-order valence-electron chi connectivity index (χ3n) is 2.55. The molecule has 0 bridgehead atoms. The molecule has 2 rings (SSSR count). The fourth-order valence-electron chi connectivity index (χ4n) is 1.42. The summed E-state index contributed by atoms with van der Waals surface area (Å²) in [4.78, 5) is 13.4. The highest BCUT2D eigenvalue weighted by atomic mass is 16.5. The molecule has 1 heterocycles. The minimum Gasteiger partial charge on any atom is -0.360 e. The zero-order valence-electron chi connectivity index (χ0n) is 8.77. The quantitative estimate of drug-likeness (QED) is 0.762. The third kappa shape index (κ3) is 2.79. The van der Waals surface area contributed by atoms with E-state index in [0.717, 1.165) is 18.6 Å². The summed E-state index contributed by atoms with van der Waals surface area (Å²) in [5.41, 5.74) is 0. The second-order valence-corrected chi connectivity index (χ2v) is 3.82. The van der Waals surface area contributed by atoms with E-state index in [2.05, 4.69) is 10.5 Å². The van der Waals surface area contributed by atoms with Gasteiger partial charge in [-0.3, -0.25) is 4.79 Å². The van der Waals surface area contributed by atoms with Gasteiger partial charge >= 0.3 is 0 Å². The molecule has 0 unspecified atom stereocenters. The van der Waals surface area contributed by atoms with Gasteiger partial charge in [-0.15, -0.1) is 0 Å². The maximum atomic E-state index is 11.6. The lowest BCUT2D eigenvalue weighted by molar-refractivity contribution is -0.129. The molecule has 1 saturated carbocycles. The SMILES string of the molecule is CN(C(=O)CNCc1ccno1)C1CC1. The lowest BCUT2D eigenvalue weighted by Crippen LogP contribution is -2.36. The van der Waals surface area contributed by atoms with Crippen molar-refractivity contribution in [2.24, 2.45) is 0 Å². The number of likely N-dealkylation sites (N-methyl/N-ethyl adjacent to an activating group) is 1. The molecule has 1 aromatic rings. The van der Waals surface area contributed by atoms with Gasteiger partial charge in [0.2, 0.25) is 5.91 Å². The monoisotopic (exact) mass is 209 g/mol. The van der Waals surface area contributed by atoms with E-state index in [9.17, 15) is 4.79 Å². The fraction of sp³-hybridized carbons (Fsp3) is 0.600. The van der Waals surface area contributed by atoms with E-state index in [-0.39, 0.29) is 5.91 Å². The largest absolute Gasteiger partial charge is 0.360 e. The molecule has 0 spiro atoms. The van der Waals surface area contributed by atoms with Crippen molar-refractivity contribution in [3.63, 3.8) is 0 Å². The Kier molecular flexibility index (Phi) is 3.01. The Hall–Kier alpha value is -1.36. The predicted molar refractivity (Wildman–Crippen MR) is 54.0 cm³/mol. The van der Waals surface area contributed by atoms with Crippen LogP contribution in [0, 0.1) is 0 Å². The molecule has 1 aliphatic rings. The zero-order chi connectivity index (χ0) is 10.7. The van der Waals surface area contributed by atoms with Crippen LogP contribution < -0.4 is 5.32 Å². The van der Waals surface area contributed by atoms with Crippen LogP contribution >= 0.6 is 0 Å². The fourth-order valence-corrected chi connectivity index (χ4v) is 1.42. The van der Waals surface area contributed by atoms with Crippen LogP contribution in [0.1, 0.15) is 18.6 Å². The molecule has 0 aromatic carbocycles. The van der Waals surface area contributed by atoms with E-state index in [4.69, 9.17) is 4.52 Å². The van der Waals surface area contributed by atoms with Crippen LogP contribution in [-0.2, 0) is 11.3 Å². The summed E-state index contributed by atoms with van der Waals surface area (Å²) >= 11 is 0. The van der Waals surface area contributed by atoms with Gasteiger partial charge in [0.25, 0.3) is 0 Å². The molecule has 0 saturated heterocycles. The Morgan fingerprint density at radius 3 is 3.13 bits per heavy atom. The number of hydrogen-bond acceptors (Lipinski definition) is 4. The second kappa shape index (κ2) is 4.44. The zero-order valence-corrected chi connectivity index (χ0v) is 8.77. The van der Waals surface area contributed by atoms with Crippen LogP contribution in [0.2, 0.25) is 0 Å². The Labute approximate surface area is 88.4 Å². The lowest BCUT2D eigenvalue weighted by atomic mass is 10.4. The van der Waals surface area contributed by atoms with Gasteiger partial charge in [-0.2, -0.15) is 0 Å². The number of amides is 1. The number of carbonyl (C=O) groups excluding carboxylic acids is 1. The molecule has 5 heteroatoms. The number of aromatic nitrogens is 1. The van der Waals surface area contributed by atoms with E-state index in [1.165, 1.54) is 0 Å². The molecule has 0 aliphatic heterocycles. The number of carbonyl (C=O) groups is 1. The lowest BCUT2D eigenvalue weighted by Gasteiger charge is -2.15. The van der Waals surface area contributed by atoms with Gasteiger partial charge in [-0.25, -0.2) is 0 Å². The summed E-state index contributed by atoms with van der Waals surface area (Å²) in [6.07, 6.45) is 3.88. The van der Waals surface area contributed by atoms with Gasteiger partial charge in [0.05, 0.1) is 19.3 Å². The van der Waals surface area contributed by atoms with Crippen molar-refractivity contribution in [3.8, 4) is 0 Å². The van der Waals surface area contributed by atoms with Crippen LogP contribution in [-0.4, -0.2) is 35.6 Å². The van der Waals surface area contributed by atoms with Crippen molar-refractivity contribution < 1.29 is 9.32 Å². The summed E-state index contributed by atoms with van der Waals surface area (Å²) in [5, 5.41) is 6.61. The average Bonchev–Trinajstić information content (AvgIpc) is 2.96. The molecule has 0 radical (unpaired) electrons. The molecule has 15 heavy (non-hydrogen) atoms. The van der Waals surface area contributed by atoms with Crippen molar-refractivity contribution in [1.29, 1.82) is 0 Å². The van der Waals surface area contributed by atoms with Crippen LogP contribution in [0.3, 0.4) is 0 Å². The second-order valence-electron chi connectivity index (χ2n) is 3.82. The molecule has 82 valence electrons. The van der Waals surface area contributed by atoms with Crippen LogP contribution in [0.15, 0.2) is 16.8 Å². The van der Waals surface area contributed by atoms with Crippen molar-refractivity contribution in [3.05, 3.63) is 18.0 Å². The molecular weight excluding hydrogens is 194 g/mol. The number of hydrogen-bond donors (Lipinski definition) is 1. The van der Waals surface area contributed by atoms with E-state index >= 15 is 0 Å². The maximum absolute atomic E-state index is 11.6. The van der Waals surface area contributed by atoms with Gasteiger partial charge in [0.15, 0.2) is 0 Å². The van der Waals surface area contributed by atoms with E-state index < -0.39 is 0 Å². The first kappa shape index (κ1) is 10.2. The highest BCUT2D eigenvalue weighted by Gasteiger charge is 2.28. The minimum atomic E-state index is 0.136. The number of rotatable bonds is 5. The summed E-state index contributed by atoms with van der Waals surface area (Å²) in [6.45, 7) is 0.901. The summed E-state index contributed by atoms with van der Waals surface area (Å²) in [5.74, 6) is 0.883. The summed E-state index contributed by atoms with van der Waals surface area (Å²) < 4.78 is 4.90. The minimum absolute atomic E-state index is 0.136. The van der Waals surface area contributed by atoms with Gasteiger partial charge in [0, 0.05) is 19.2 Å². The third-order valence-corrected chi connectivity index (χ3v) is 2.55. The first-order chi connectivity index (χ1) is 7.27. The predicted octanol–water partition coefficient (Wildman–Crippen LogP) is 0.385. The van der Waals surface area contributed by atoms with Gasteiger partial charge in [-0.1, -0.05) is 5.16 Å². The van der Waals surface area contributed by atoms with Gasteiger partial charge in [0.1, 0.15) is 5.76 Å². The van der Waals surface area contributed by atoms with Crippen molar-refractivity contribution in [1.82, 2.24) is 15.4 Å². The Bertz CT molecular complexity index is 319. The normalized spacial score (nSPS) is 15.3. The van der Waals surface area contributed by atoms with E-state index in [1.54, 1.807) is 12.3 Å². The van der Waals surface area contributed by atoms with Gasteiger partial charge < -0.3 is 14.7 Å². The smallest absolute Gasteiger partial charge is 0.236 e. The van der Waals surface area contributed by atoms with Crippen LogP contribution in [0.4, 0.5) is 0 Å². The molecule has 1 N–H and O–H groups in total. The van der Waals surface area contributed by atoms with Crippen LogP contribution in [0.25, 0.3) is 0 Å². The van der Waals surface area contributed by atoms with Gasteiger partial charge in [-0.05, 0) is 12.8 Å². The van der Waals surface area contributed by atoms with E-state index in [0.29, 0.717) is 19.1 Å². The first-order valence-electron chi connectivity index (χ1n) is 5.13. The molecule has 1 amide bonds. The molecule has 0 atom stereocenters. The standard InChI is InChI=1S/C10H15N3O2/c1-13(8-2-3-8)10(14)7-11-6-9-4-5-12-15-9/h4-5,8,11H,2-3,6-7H2,1H3.